The Labute approximate surface area is 79.3 Å². The largest absolute Gasteiger partial charge is 0.373 e. The minimum atomic E-state index is 0.170. The fraction of sp³-hybridized carbons (Fsp3) is 0.545. The molecular formula is C11H16O2. The number of Topliss-reactive ketones (excluding diaryl/α,β-unsaturated/α-hetero) is 1. The molecule has 0 spiro atoms. The molecular weight excluding hydrogens is 164 g/mol. The van der Waals surface area contributed by atoms with Crippen LogP contribution in [0.15, 0.2) is 24.3 Å². The first-order valence-corrected chi connectivity index (χ1v) is 4.75. The number of hydrogen-bond acceptors (Lipinski definition) is 2. The van der Waals surface area contributed by atoms with Crippen LogP contribution in [0, 0.1) is 5.92 Å². The topological polar surface area (TPSA) is 26.3 Å². The van der Waals surface area contributed by atoms with Gasteiger partial charge in [0.15, 0.2) is 5.78 Å². The zero-order chi connectivity index (χ0) is 9.52. The van der Waals surface area contributed by atoms with E-state index in [0.717, 1.165) is 6.42 Å². The van der Waals surface area contributed by atoms with Gasteiger partial charge in [-0.25, -0.2) is 0 Å². The summed E-state index contributed by atoms with van der Waals surface area (Å²) in [6.07, 6.45) is 10.1. The molecule has 13 heavy (non-hydrogen) atoms. The van der Waals surface area contributed by atoms with Crippen LogP contribution in [0.1, 0.15) is 19.8 Å². The van der Waals surface area contributed by atoms with Crippen molar-refractivity contribution in [2.24, 2.45) is 5.92 Å². The zero-order valence-electron chi connectivity index (χ0n) is 8.03. The molecule has 0 saturated carbocycles. The molecule has 72 valence electrons. The Morgan fingerprint density at radius 2 is 2.15 bits per heavy atom. The van der Waals surface area contributed by atoms with Crippen molar-refractivity contribution in [3.05, 3.63) is 24.3 Å². The van der Waals surface area contributed by atoms with Crippen molar-refractivity contribution in [2.75, 3.05) is 13.2 Å². The van der Waals surface area contributed by atoms with Crippen LogP contribution in [0.3, 0.4) is 0 Å². The van der Waals surface area contributed by atoms with Gasteiger partial charge in [0.25, 0.3) is 0 Å². The summed E-state index contributed by atoms with van der Waals surface area (Å²) < 4.78 is 5.27. The van der Waals surface area contributed by atoms with Crippen LogP contribution in [0.2, 0.25) is 0 Å². The molecule has 0 atom stereocenters. The lowest BCUT2D eigenvalue weighted by Crippen LogP contribution is -2.12. The number of rotatable bonds is 5. The second-order valence-corrected chi connectivity index (χ2v) is 3.16. The SMILES string of the molecule is CCC(=O)COCC1C=CCC=C1. The molecule has 0 saturated heterocycles. The Hall–Kier alpha value is -0.890. The van der Waals surface area contributed by atoms with E-state index in [9.17, 15) is 4.79 Å². The van der Waals surface area contributed by atoms with Crippen molar-refractivity contribution in [1.82, 2.24) is 0 Å². The minimum Gasteiger partial charge on any atom is -0.373 e. The van der Waals surface area contributed by atoms with E-state index in [0.29, 0.717) is 18.9 Å². The van der Waals surface area contributed by atoms with Gasteiger partial charge in [0.1, 0.15) is 6.61 Å². The molecule has 0 unspecified atom stereocenters. The van der Waals surface area contributed by atoms with Crippen LogP contribution in [-0.4, -0.2) is 19.0 Å². The molecule has 1 rings (SSSR count). The standard InChI is InChI=1S/C11H16O2/c1-2-11(12)9-13-8-10-6-4-3-5-7-10/h4-7,10H,2-3,8-9H2,1H3. The summed E-state index contributed by atoms with van der Waals surface area (Å²) >= 11 is 0. The monoisotopic (exact) mass is 180 g/mol. The highest BCUT2D eigenvalue weighted by atomic mass is 16.5. The molecule has 0 aromatic rings. The number of ether oxygens (including phenoxy) is 1. The third-order valence-electron chi connectivity index (χ3n) is 2.01. The van der Waals surface area contributed by atoms with Gasteiger partial charge in [-0.3, -0.25) is 4.79 Å². The highest BCUT2D eigenvalue weighted by molar-refractivity contribution is 5.79. The summed E-state index contributed by atoms with van der Waals surface area (Å²) in [5, 5.41) is 0. The maximum Gasteiger partial charge on any atom is 0.158 e. The van der Waals surface area contributed by atoms with Gasteiger partial charge in [-0.1, -0.05) is 31.2 Å². The van der Waals surface area contributed by atoms with Gasteiger partial charge >= 0.3 is 0 Å². The van der Waals surface area contributed by atoms with E-state index in [-0.39, 0.29) is 12.4 Å². The molecule has 1 aliphatic rings. The molecule has 0 N–H and O–H groups in total. The van der Waals surface area contributed by atoms with Crippen molar-refractivity contribution in [3.8, 4) is 0 Å². The normalized spacial score (nSPS) is 16.4. The predicted molar refractivity (Wildman–Crippen MR) is 52.5 cm³/mol. The Kier molecular flexibility index (Phi) is 4.47. The summed E-state index contributed by atoms with van der Waals surface area (Å²) in [5.41, 5.74) is 0. The van der Waals surface area contributed by atoms with Gasteiger partial charge in [-0.05, 0) is 6.42 Å². The van der Waals surface area contributed by atoms with Gasteiger partial charge in [-0.2, -0.15) is 0 Å². The van der Waals surface area contributed by atoms with Crippen LogP contribution < -0.4 is 0 Å². The molecule has 0 aromatic carbocycles. The predicted octanol–water partition coefficient (Wildman–Crippen LogP) is 2.11. The first kappa shape index (κ1) is 10.2. The third kappa shape index (κ3) is 4.04. The summed E-state index contributed by atoms with van der Waals surface area (Å²) in [6, 6.07) is 0. The first-order chi connectivity index (χ1) is 6.33. The van der Waals surface area contributed by atoms with Gasteiger partial charge in [0, 0.05) is 12.3 Å². The molecule has 2 nitrogen and oxygen atoms in total. The van der Waals surface area contributed by atoms with E-state index in [1.165, 1.54) is 0 Å². The molecule has 0 bridgehead atoms. The fourth-order valence-electron chi connectivity index (χ4n) is 1.17. The van der Waals surface area contributed by atoms with E-state index < -0.39 is 0 Å². The van der Waals surface area contributed by atoms with Crippen LogP contribution >= 0.6 is 0 Å². The summed E-state index contributed by atoms with van der Waals surface area (Å²) in [5.74, 6) is 0.530. The Bertz CT molecular complexity index is 204. The summed E-state index contributed by atoms with van der Waals surface area (Å²) in [4.78, 5) is 10.9. The lowest BCUT2D eigenvalue weighted by Gasteiger charge is -2.10. The number of allylic oxidation sites excluding steroid dienone is 2. The molecule has 0 heterocycles. The quantitative estimate of drug-likeness (QED) is 0.606. The van der Waals surface area contributed by atoms with Crippen molar-refractivity contribution in [1.29, 1.82) is 0 Å². The van der Waals surface area contributed by atoms with E-state index in [1.807, 2.05) is 6.92 Å². The minimum absolute atomic E-state index is 0.170. The number of ketones is 1. The number of carbonyl (C=O) groups is 1. The smallest absolute Gasteiger partial charge is 0.158 e. The maximum absolute atomic E-state index is 10.9. The van der Waals surface area contributed by atoms with Gasteiger partial charge in [0.05, 0.1) is 6.61 Å². The second kappa shape index (κ2) is 5.70. The van der Waals surface area contributed by atoms with Crippen LogP contribution in [-0.2, 0) is 9.53 Å². The third-order valence-corrected chi connectivity index (χ3v) is 2.01. The molecule has 0 aliphatic heterocycles. The Morgan fingerprint density at radius 3 is 2.77 bits per heavy atom. The van der Waals surface area contributed by atoms with Gasteiger partial charge in [0.2, 0.25) is 0 Å². The van der Waals surface area contributed by atoms with Crippen LogP contribution in [0.25, 0.3) is 0 Å². The maximum atomic E-state index is 10.9. The summed E-state index contributed by atoms with van der Waals surface area (Å²) in [6.45, 7) is 2.74. The molecule has 0 amide bonds. The van der Waals surface area contributed by atoms with E-state index >= 15 is 0 Å². The zero-order valence-corrected chi connectivity index (χ0v) is 8.03. The fourth-order valence-corrected chi connectivity index (χ4v) is 1.17. The average molecular weight is 180 g/mol. The molecule has 0 radical (unpaired) electrons. The Morgan fingerprint density at radius 1 is 1.46 bits per heavy atom. The van der Waals surface area contributed by atoms with E-state index in [1.54, 1.807) is 0 Å². The molecule has 2 heteroatoms. The Balaban J connectivity index is 2.11. The van der Waals surface area contributed by atoms with Crippen molar-refractivity contribution in [2.45, 2.75) is 19.8 Å². The summed E-state index contributed by atoms with van der Waals surface area (Å²) in [7, 11) is 0. The van der Waals surface area contributed by atoms with Gasteiger partial charge in [-0.15, -0.1) is 0 Å². The number of carbonyl (C=O) groups excluding carboxylic acids is 1. The second-order valence-electron chi connectivity index (χ2n) is 3.16. The van der Waals surface area contributed by atoms with Gasteiger partial charge < -0.3 is 4.74 Å². The van der Waals surface area contributed by atoms with Crippen molar-refractivity contribution >= 4 is 5.78 Å². The van der Waals surface area contributed by atoms with E-state index in [4.69, 9.17) is 4.74 Å². The van der Waals surface area contributed by atoms with Crippen molar-refractivity contribution < 1.29 is 9.53 Å². The lowest BCUT2D eigenvalue weighted by atomic mass is 10.0. The number of hydrogen-bond donors (Lipinski definition) is 0. The molecule has 0 aromatic heterocycles. The highest BCUT2D eigenvalue weighted by Crippen LogP contribution is 2.09. The van der Waals surface area contributed by atoms with Crippen molar-refractivity contribution in [3.63, 3.8) is 0 Å². The van der Waals surface area contributed by atoms with E-state index in [2.05, 4.69) is 24.3 Å². The molecule has 0 fully saturated rings. The lowest BCUT2D eigenvalue weighted by molar-refractivity contribution is -0.123. The van der Waals surface area contributed by atoms with Crippen LogP contribution in [0.5, 0.6) is 0 Å². The van der Waals surface area contributed by atoms with Crippen LogP contribution in [0.4, 0.5) is 0 Å². The first-order valence-electron chi connectivity index (χ1n) is 4.75. The molecule has 1 aliphatic carbocycles. The average Bonchev–Trinajstić information content (AvgIpc) is 2.19. The highest BCUT2D eigenvalue weighted by Gasteiger charge is 2.04.